The van der Waals surface area contributed by atoms with Crippen LogP contribution < -0.4 is 15.5 Å². The van der Waals surface area contributed by atoms with Crippen LogP contribution in [-0.2, 0) is 24.7 Å². The van der Waals surface area contributed by atoms with Gasteiger partial charge in [-0.3, -0.25) is 38.9 Å². The monoisotopic (exact) mass is 671 g/mol. The summed E-state index contributed by atoms with van der Waals surface area (Å²) in [7, 11) is 0. The van der Waals surface area contributed by atoms with Gasteiger partial charge in [0.1, 0.15) is 11.6 Å². The van der Waals surface area contributed by atoms with E-state index in [1.807, 2.05) is 29.2 Å². The van der Waals surface area contributed by atoms with Crippen molar-refractivity contribution in [3.05, 3.63) is 89.2 Å². The molecule has 1 unspecified atom stereocenters. The summed E-state index contributed by atoms with van der Waals surface area (Å²) in [5.74, 6) is 3.70. The summed E-state index contributed by atoms with van der Waals surface area (Å²) >= 11 is 0. The van der Waals surface area contributed by atoms with Gasteiger partial charge in [0.2, 0.25) is 18.2 Å². The number of piperidine rings is 1. The predicted molar refractivity (Wildman–Crippen MR) is 182 cm³/mol. The molecule has 13 heteroatoms. The highest BCUT2D eigenvalue weighted by Crippen LogP contribution is 2.31. The van der Waals surface area contributed by atoms with Gasteiger partial charge in [-0.2, -0.15) is 10.4 Å². The summed E-state index contributed by atoms with van der Waals surface area (Å²) in [5, 5.41) is 31.5. The molecule has 0 spiro atoms. The van der Waals surface area contributed by atoms with Crippen molar-refractivity contribution in [2.24, 2.45) is 0 Å². The highest BCUT2D eigenvalue weighted by Gasteiger charge is 2.41. The molecule has 2 aliphatic rings. The number of aryl methyl sites for hydroxylation is 1. The van der Waals surface area contributed by atoms with Gasteiger partial charge in [0, 0.05) is 40.3 Å². The second kappa shape index (κ2) is 13.0. The number of amides is 5. The van der Waals surface area contributed by atoms with Crippen LogP contribution in [0.15, 0.2) is 67.0 Å². The third-order valence-electron chi connectivity index (χ3n) is 9.06. The maximum atomic E-state index is 13.4. The van der Waals surface area contributed by atoms with Crippen LogP contribution in [0.3, 0.4) is 0 Å². The number of carbonyl (C=O) groups is 5. The van der Waals surface area contributed by atoms with Crippen molar-refractivity contribution in [2.45, 2.75) is 50.8 Å². The number of nitrogens with one attached hydrogen (secondary N) is 2. The highest BCUT2D eigenvalue weighted by atomic mass is 16.3. The molecule has 3 aromatic carbocycles. The van der Waals surface area contributed by atoms with E-state index in [4.69, 9.17) is 0 Å². The average Bonchev–Trinajstić information content (AvgIpc) is 3.58. The van der Waals surface area contributed by atoms with Crippen molar-refractivity contribution in [1.82, 2.24) is 20.0 Å². The number of imide groups is 2. The third-order valence-corrected chi connectivity index (χ3v) is 9.06. The van der Waals surface area contributed by atoms with Crippen molar-refractivity contribution in [3.63, 3.8) is 0 Å². The fourth-order valence-corrected chi connectivity index (χ4v) is 6.00. The zero-order valence-electron chi connectivity index (χ0n) is 27.6. The summed E-state index contributed by atoms with van der Waals surface area (Å²) < 4.78 is 1.50. The van der Waals surface area contributed by atoms with Crippen LogP contribution in [0.1, 0.15) is 53.7 Å². The van der Waals surface area contributed by atoms with Crippen molar-refractivity contribution >= 4 is 52.2 Å². The van der Waals surface area contributed by atoms with Gasteiger partial charge in [0.15, 0.2) is 5.60 Å². The van der Waals surface area contributed by atoms with Gasteiger partial charge in [0.25, 0.3) is 11.8 Å². The molecule has 1 aromatic heterocycles. The van der Waals surface area contributed by atoms with E-state index in [1.54, 1.807) is 57.3 Å². The summed E-state index contributed by atoms with van der Waals surface area (Å²) in [6.07, 6.45) is 3.51. The second-order valence-electron chi connectivity index (χ2n) is 12.9. The first-order chi connectivity index (χ1) is 23.8. The number of fused-ring (bicyclic) bond motifs is 1. The van der Waals surface area contributed by atoms with Gasteiger partial charge < -0.3 is 15.3 Å². The first-order valence-corrected chi connectivity index (χ1v) is 15.8. The Kier molecular flexibility index (Phi) is 8.70. The summed E-state index contributed by atoms with van der Waals surface area (Å²) in [4.78, 5) is 65.2. The molecule has 3 heterocycles. The number of hydrogen-bond acceptors (Lipinski definition) is 9. The largest absolute Gasteiger partial charge is 0.374 e. The van der Waals surface area contributed by atoms with Crippen LogP contribution in [-0.4, -0.2) is 74.6 Å². The van der Waals surface area contributed by atoms with E-state index in [9.17, 15) is 34.3 Å². The molecule has 5 amide bonds. The lowest BCUT2D eigenvalue weighted by molar-refractivity contribution is -0.139. The Morgan fingerprint density at radius 1 is 1.14 bits per heavy atom. The molecule has 2 saturated heterocycles. The molecule has 13 nitrogen and oxygen atoms in total. The summed E-state index contributed by atoms with van der Waals surface area (Å²) in [6.45, 7) is 5.43. The van der Waals surface area contributed by atoms with E-state index >= 15 is 0 Å². The molecule has 1 atom stereocenters. The second-order valence-corrected chi connectivity index (χ2v) is 12.9. The third kappa shape index (κ3) is 6.30. The standard InChI is InChI=1S/C37H33N7O6/c1-23-8-10-26(16-29(23)34(48)43(22-45)31-12-13-32(46)41-33(31)47)42-20-37(50,21-42)15-14-24-18-39-44(19-24)36(2,3)35(49)40-30-11-9-25(17-38)27-6-4-5-7-28(27)30/h4-11,16,18-19,22,31,50H,12-13,20-21H2,1-3H3,(H,40,49)(H,41,46,47). The van der Waals surface area contributed by atoms with Crippen molar-refractivity contribution < 1.29 is 29.1 Å². The minimum atomic E-state index is -1.36. The molecule has 0 radical (unpaired) electrons. The molecular weight excluding hydrogens is 638 g/mol. The molecule has 4 aromatic rings. The van der Waals surface area contributed by atoms with E-state index in [2.05, 4.69) is 33.6 Å². The van der Waals surface area contributed by atoms with Crippen LogP contribution in [0, 0.1) is 30.1 Å². The average molecular weight is 672 g/mol. The number of anilines is 2. The number of nitriles is 1. The molecule has 50 heavy (non-hydrogen) atoms. The highest BCUT2D eigenvalue weighted by molar-refractivity contribution is 6.08. The molecule has 0 bridgehead atoms. The maximum absolute atomic E-state index is 13.4. The Bertz CT molecular complexity index is 2180. The van der Waals surface area contributed by atoms with E-state index in [0.29, 0.717) is 34.5 Å². The summed E-state index contributed by atoms with van der Waals surface area (Å²) in [5.41, 5.74) is 0.527. The fourth-order valence-electron chi connectivity index (χ4n) is 6.00. The van der Waals surface area contributed by atoms with Gasteiger partial charge in [0.05, 0.1) is 36.5 Å². The quantitative estimate of drug-likeness (QED) is 0.151. The number of rotatable bonds is 7. The Hall–Kier alpha value is -6.31. The predicted octanol–water partition coefficient (Wildman–Crippen LogP) is 2.60. The number of benzene rings is 3. The minimum Gasteiger partial charge on any atom is -0.374 e. The van der Waals surface area contributed by atoms with E-state index in [-0.39, 0.29) is 37.4 Å². The lowest BCUT2D eigenvalue weighted by Gasteiger charge is -2.45. The van der Waals surface area contributed by atoms with Gasteiger partial charge in [-0.05, 0) is 57.0 Å². The zero-order chi connectivity index (χ0) is 35.8. The van der Waals surface area contributed by atoms with Gasteiger partial charge in [-0.15, -0.1) is 0 Å². The van der Waals surface area contributed by atoms with Gasteiger partial charge in [-0.1, -0.05) is 42.2 Å². The molecule has 0 saturated carbocycles. The number of β-amino-alcohol motifs (C(OH)–C–C–N with tert-alkyl or cyclic N) is 1. The Morgan fingerprint density at radius 2 is 1.88 bits per heavy atom. The molecule has 0 aliphatic carbocycles. The molecule has 6 rings (SSSR count). The van der Waals surface area contributed by atoms with Crippen molar-refractivity contribution in [2.75, 3.05) is 23.3 Å². The van der Waals surface area contributed by atoms with E-state index < -0.39 is 34.9 Å². The first-order valence-electron chi connectivity index (χ1n) is 15.8. The molecule has 3 N–H and O–H groups in total. The van der Waals surface area contributed by atoms with Crippen LogP contribution in [0.5, 0.6) is 0 Å². The van der Waals surface area contributed by atoms with Crippen LogP contribution in [0.4, 0.5) is 11.4 Å². The Labute approximate surface area is 287 Å². The molecule has 2 fully saturated rings. The van der Waals surface area contributed by atoms with Crippen LogP contribution in [0.2, 0.25) is 0 Å². The van der Waals surface area contributed by atoms with Gasteiger partial charge >= 0.3 is 0 Å². The first kappa shape index (κ1) is 33.6. The minimum absolute atomic E-state index is 0.0197. The Balaban J connectivity index is 1.12. The number of hydrogen-bond donors (Lipinski definition) is 3. The molecular formula is C37H33N7O6. The van der Waals surface area contributed by atoms with Crippen LogP contribution >= 0.6 is 0 Å². The lowest BCUT2D eigenvalue weighted by Crippen LogP contribution is -2.61. The number of aliphatic hydroxyl groups is 1. The van der Waals surface area contributed by atoms with Crippen molar-refractivity contribution in [3.8, 4) is 17.9 Å². The molecule has 2 aliphatic heterocycles. The number of carbonyl (C=O) groups excluding carboxylic acids is 5. The number of aromatic nitrogens is 2. The normalized spacial score (nSPS) is 16.7. The molecule has 252 valence electrons. The van der Waals surface area contributed by atoms with Gasteiger partial charge in [-0.25, -0.2) is 0 Å². The number of nitrogens with zero attached hydrogens (tertiary/aromatic N) is 5. The smallest absolute Gasteiger partial charge is 0.261 e. The zero-order valence-corrected chi connectivity index (χ0v) is 27.6. The lowest BCUT2D eigenvalue weighted by atomic mass is 9.93. The van der Waals surface area contributed by atoms with Crippen LogP contribution in [0.25, 0.3) is 10.8 Å². The Morgan fingerprint density at radius 3 is 2.58 bits per heavy atom. The van der Waals surface area contributed by atoms with E-state index in [0.717, 1.165) is 15.7 Å². The topological polar surface area (TPSA) is 178 Å². The van der Waals surface area contributed by atoms with E-state index in [1.165, 1.54) is 10.9 Å². The summed E-state index contributed by atoms with van der Waals surface area (Å²) in [6, 6.07) is 16.9. The fraction of sp³-hybridized carbons (Fsp3) is 0.270. The SMILES string of the molecule is Cc1ccc(N2CC(O)(C#Cc3cnn(C(C)(C)C(=O)Nc4ccc(C#N)c5ccccc45)c3)C2)cc1C(=O)N(C=O)C1CCC(=O)NC1=O. The maximum Gasteiger partial charge on any atom is 0.261 e. The van der Waals surface area contributed by atoms with Crippen molar-refractivity contribution in [1.29, 1.82) is 5.26 Å².